The number of aryl methyl sites for hydroxylation is 1. The van der Waals surface area contributed by atoms with Gasteiger partial charge in [0.25, 0.3) is 0 Å². The number of rotatable bonds is 0. The Morgan fingerprint density at radius 2 is 2.05 bits per heavy atom. The van der Waals surface area contributed by atoms with E-state index in [1.54, 1.807) is 6.07 Å². The minimum Gasteiger partial charge on any atom is -0.508 e. The molecule has 4 rings (SSSR count). The molecule has 5 atom stereocenters. The third-order valence-corrected chi connectivity index (χ3v) is 6.91. The van der Waals surface area contributed by atoms with Crippen LogP contribution in [-0.4, -0.2) is 16.3 Å². The van der Waals surface area contributed by atoms with Gasteiger partial charge in [0.2, 0.25) is 0 Å². The molecule has 0 radical (unpaired) electrons. The number of aromatic hydroxyl groups is 1. The molecule has 116 valence electrons. The standard InChI is InChI=1S/C20H24O2/c1-3-12-10-14(21)11-13-4-5-15-16(19(12)13)8-9-20(2)17(15)6-7-18(20)22/h1,10-11,15-18,21-22H,4-9H2,2H3/t15-,16+,17+,18+,20+/m1/s1. The fourth-order valence-corrected chi connectivity index (χ4v) is 5.80. The number of hydrogen-bond donors (Lipinski definition) is 2. The minimum atomic E-state index is -0.133. The highest BCUT2D eigenvalue weighted by Crippen LogP contribution is 2.61. The van der Waals surface area contributed by atoms with Crippen molar-refractivity contribution in [1.82, 2.24) is 0 Å². The van der Waals surface area contributed by atoms with Crippen LogP contribution in [0.1, 0.15) is 61.6 Å². The summed E-state index contributed by atoms with van der Waals surface area (Å²) in [6.07, 6.45) is 12.1. The molecule has 22 heavy (non-hydrogen) atoms. The zero-order valence-electron chi connectivity index (χ0n) is 13.2. The van der Waals surface area contributed by atoms with Gasteiger partial charge in [-0.1, -0.05) is 12.8 Å². The predicted octanol–water partition coefficient (Wildman–Crippen LogP) is 3.59. The van der Waals surface area contributed by atoms with Crippen LogP contribution in [0.4, 0.5) is 0 Å². The molecule has 2 N–H and O–H groups in total. The number of terminal acetylenes is 1. The van der Waals surface area contributed by atoms with E-state index < -0.39 is 0 Å². The van der Waals surface area contributed by atoms with E-state index in [0.717, 1.165) is 44.1 Å². The maximum absolute atomic E-state index is 10.4. The maximum atomic E-state index is 10.4. The molecule has 3 aliphatic carbocycles. The molecular formula is C20H24O2. The smallest absolute Gasteiger partial charge is 0.117 e. The van der Waals surface area contributed by atoms with Crippen LogP contribution >= 0.6 is 0 Å². The van der Waals surface area contributed by atoms with Crippen molar-refractivity contribution in [2.24, 2.45) is 17.3 Å². The molecule has 0 heterocycles. The van der Waals surface area contributed by atoms with Crippen molar-refractivity contribution in [3.05, 3.63) is 28.8 Å². The first-order valence-corrected chi connectivity index (χ1v) is 8.55. The van der Waals surface area contributed by atoms with E-state index in [9.17, 15) is 10.2 Å². The third kappa shape index (κ3) is 1.78. The number of phenolic OH excluding ortho intramolecular Hbond substituents is 1. The lowest BCUT2D eigenvalue weighted by Crippen LogP contribution is -2.44. The molecule has 2 fully saturated rings. The summed E-state index contributed by atoms with van der Waals surface area (Å²) in [7, 11) is 0. The average Bonchev–Trinajstić information content (AvgIpc) is 2.81. The summed E-state index contributed by atoms with van der Waals surface area (Å²) >= 11 is 0. The molecule has 2 heteroatoms. The number of aliphatic hydroxyl groups is 1. The zero-order valence-corrected chi connectivity index (χ0v) is 13.2. The van der Waals surface area contributed by atoms with Gasteiger partial charge in [0.15, 0.2) is 0 Å². The molecule has 1 aromatic rings. The van der Waals surface area contributed by atoms with Crippen molar-refractivity contribution in [1.29, 1.82) is 0 Å². The lowest BCUT2D eigenvalue weighted by molar-refractivity contribution is -0.0226. The molecule has 0 saturated heterocycles. The van der Waals surface area contributed by atoms with E-state index in [-0.39, 0.29) is 11.5 Å². The van der Waals surface area contributed by atoms with Crippen LogP contribution in [0.2, 0.25) is 0 Å². The van der Waals surface area contributed by atoms with Crippen LogP contribution in [0, 0.1) is 29.6 Å². The average molecular weight is 296 g/mol. The number of phenols is 1. The Morgan fingerprint density at radius 3 is 2.82 bits per heavy atom. The predicted molar refractivity (Wildman–Crippen MR) is 86.7 cm³/mol. The van der Waals surface area contributed by atoms with Crippen LogP contribution in [0.5, 0.6) is 5.75 Å². The second kappa shape index (κ2) is 4.77. The van der Waals surface area contributed by atoms with Crippen molar-refractivity contribution >= 4 is 0 Å². The molecular weight excluding hydrogens is 272 g/mol. The lowest BCUT2D eigenvalue weighted by Gasteiger charge is -2.50. The van der Waals surface area contributed by atoms with E-state index in [1.807, 2.05) is 6.07 Å². The molecule has 0 aliphatic heterocycles. The summed E-state index contributed by atoms with van der Waals surface area (Å²) in [5.41, 5.74) is 3.55. The molecule has 1 aromatic carbocycles. The van der Waals surface area contributed by atoms with Gasteiger partial charge in [0.05, 0.1) is 6.10 Å². The highest BCUT2D eigenvalue weighted by Gasteiger charge is 2.54. The Labute approximate surface area is 132 Å². The third-order valence-electron chi connectivity index (χ3n) is 6.91. The normalized spacial score (nSPS) is 39.5. The Kier molecular flexibility index (Phi) is 3.07. The van der Waals surface area contributed by atoms with Crippen LogP contribution in [-0.2, 0) is 6.42 Å². The highest BCUT2D eigenvalue weighted by molar-refractivity contribution is 5.52. The minimum absolute atomic E-state index is 0.103. The highest BCUT2D eigenvalue weighted by atomic mass is 16.3. The Morgan fingerprint density at radius 1 is 1.23 bits per heavy atom. The van der Waals surface area contributed by atoms with Gasteiger partial charge in [-0.2, -0.15) is 0 Å². The van der Waals surface area contributed by atoms with Crippen molar-refractivity contribution in [2.45, 2.75) is 57.5 Å². The van der Waals surface area contributed by atoms with Crippen molar-refractivity contribution in [3.63, 3.8) is 0 Å². The number of hydrogen-bond acceptors (Lipinski definition) is 2. The topological polar surface area (TPSA) is 40.5 Å². The van der Waals surface area contributed by atoms with Gasteiger partial charge in [-0.25, -0.2) is 0 Å². The molecule has 2 saturated carbocycles. The fourth-order valence-electron chi connectivity index (χ4n) is 5.80. The molecule has 0 amide bonds. The molecule has 2 nitrogen and oxygen atoms in total. The fraction of sp³-hybridized carbons (Fsp3) is 0.600. The van der Waals surface area contributed by atoms with Crippen molar-refractivity contribution < 1.29 is 10.2 Å². The second-order valence-corrected chi connectivity index (χ2v) is 7.76. The monoisotopic (exact) mass is 296 g/mol. The second-order valence-electron chi connectivity index (χ2n) is 7.76. The van der Waals surface area contributed by atoms with E-state index in [2.05, 4.69) is 12.8 Å². The number of aliphatic hydroxyl groups excluding tert-OH is 1. The van der Waals surface area contributed by atoms with E-state index in [1.165, 1.54) is 11.1 Å². The summed E-state index contributed by atoms with van der Waals surface area (Å²) in [4.78, 5) is 0. The van der Waals surface area contributed by atoms with Crippen LogP contribution < -0.4 is 0 Å². The summed E-state index contributed by atoms with van der Waals surface area (Å²) in [6, 6.07) is 3.65. The lowest BCUT2D eigenvalue weighted by atomic mass is 9.55. The molecule has 3 aliphatic rings. The SMILES string of the molecule is C#Cc1cc(O)cc2c1[C@H]1CC[C@]3(C)[C@@H](O)CC[C@H]3[C@@H]1CC2. The maximum Gasteiger partial charge on any atom is 0.117 e. The van der Waals surface area contributed by atoms with E-state index >= 15 is 0 Å². The summed E-state index contributed by atoms with van der Waals surface area (Å²) in [5, 5.41) is 20.3. The van der Waals surface area contributed by atoms with Gasteiger partial charge in [-0.15, -0.1) is 6.42 Å². The zero-order chi connectivity index (χ0) is 15.5. The molecule has 0 unspecified atom stereocenters. The molecule has 0 bridgehead atoms. The summed E-state index contributed by atoms with van der Waals surface area (Å²) in [6.45, 7) is 2.29. The van der Waals surface area contributed by atoms with Crippen LogP contribution in [0.15, 0.2) is 12.1 Å². The first kappa shape index (κ1) is 14.2. The summed E-state index contributed by atoms with van der Waals surface area (Å²) in [5.74, 6) is 4.86. The largest absolute Gasteiger partial charge is 0.508 e. The Balaban J connectivity index is 1.78. The first-order chi connectivity index (χ1) is 10.5. The molecule has 0 spiro atoms. The summed E-state index contributed by atoms with van der Waals surface area (Å²) < 4.78 is 0. The van der Waals surface area contributed by atoms with Gasteiger partial charge in [-0.3, -0.25) is 0 Å². The number of fused-ring (bicyclic) bond motifs is 5. The first-order valence-electron chi connectivity index (χ1n) is 8.55. The quantitative estimate of drug-likeness (QED) is 0.718. The van der Waals surface area contributed by atoms with Gasteiger partial charge in [0.1, 0.15) is 5.75 Å². The van der Waals surface area contributed by atoms with Crippen molar-refractivity contribution in [2.75, 3.05) is 0 Å². The molecule has 0 aromatic heterocycles. The van der Waals surface area contributed by atoms with Gasteiger partial charge in [0, 0.05) is 5.56 Å². The Hall–Kier alpha value is -1.46. The van der Waals surface area contributed by atoms with Crippen LogP contribution in [0.25, 0.3) is 0 Å². The van der Waals surface area contributed by atoms with Crippen LogP contribution in [0.3, 0.4) is 0 Å². The Bertz CT molecular complexity index is 656. The van der Waals surface area contributed by atoms with E-state index in [0.29, 0.717) is 23.5 Å². The van der Waals surface area contributed by atoms with Crippen molar-refractivity contribution in [3.8, 4) is 18.1 Å². The van der Waals surface area contributed by atoms with E-state index in [4.69, 9.17) is 6.42 Å². The van der Waals surface area contributed by atoms with Gasteiger partial charge in [-0.05, 0) is 85.0 Å². The number of benzene rings is 1. The van der Waals surface area contributed by atoms with Gasteiger partial charge < -0.3 is 10.2 Å². The van der Waals surface area contributed by atoms with Gasteiger partial charge >= 0.3 is 0 Å².